The highest BCUT2D eigenvalue weighted by Gasteiger charge is 2.13. The normalized spacial score (nSPS) is 10.6. The molecule has 0 amide bonds. The van der Waals surface area contributed by atoms with Crippen molar-refractivity contribution in [3.8, 4) is 12.3 Å². The van der Waals surface area contributed by atoms with Crippen molar-refractivity contribution in [3.05, 3.63) is 30.1 Å². The first-order valence-electron chi connectivity index (χ1n) is 6.86. The van der Waals surface area contributed by atoms with Gasteiger partial charge in [-0.1, -0.05) is 25.0 Å². The van der Waals surface area contributed by atoms with Gasteiger partial charge in [0.1, 0.15) is 5.82 Å². The van der Waals surface area contributed by atoms with Gasteiger partial charge in [0, 0.05) is 6.54 Å². The number of terminal acetylenes is 1. The Bertz CT molecular complexity index is 637. The van der Waals surface area contributed by atoms with E-state index in [1.54, 1.807) is 0 Å². The summed E-state index contributed by atoms with van der Waals surface area (Å²) in [6.07, 6.45) is 6.49. The number of rotatable bonds is 7. The van der Waals surface area contributed by atoms with Gasteiger partial charge in [0.2, 0.25) is 0 Å². The molecule has 2 aromatic rings. The van der Waals surface area contributed by atoms with Crippen LogP contribution in [0.3, 0.4) is 0 Å². The third-order valence-electron chi connectivity index (χ3n) is 3.09. The lowest BCUT2D eigenvalue weighted by Gasteiger charge is -2.07. The molecular formula is C16H19N3O. The summed E-state index contributed by atoms with van der Waals surface area (Å²) in [5, 5.41) is 2.92. The van der Waals surface area contributed by atoms with Crippen molar-refractivity contribution in [1.29, 1.82) is 0 Å². The predicted molar refractivity (Wildman–Crippen MR) is 80.4 cm³/mol. The van der Waals surface area contributed by atoms with Crippen molar-refractivity contribution < 1.29 is 4.79 Å². The maximum absolute atomic E-state index is 11.9. The van der Waals surface area contributed by atoms with Gasteiger partial charge in [0.05, 0.1) is 30.5 Å². The van der Waals surface area contributed by atoms with E-state index in [0.29, 0.717) is 19.5 Å². The summed E-state index contributed by atoms with van der Waals surface area (Å²) in [5.41, 5.74) is 2.04. The number of nitrogens with zero attached hydrogens (tertiary/aromatic N) is 2. The molecule has 0 radical (unpaired) electrons. The maximum Gasteiger partial charge on any atom is 0.154 e. The molecule has 104 valence electrons. The number of hydrogen-bond donors (Lipinski definition) is 1. The van der Waals surface area contributed by atoms with Gasteiger partial charge in [0.25, 0.3) is 0 Å². The second-order valence-electron chi connectivity index (χ2n) is 4.69. The van der Waals surface area contributed by atoms with E-state index in [1.165, 1.54) is 0 Å². The van der Waals surface area contributed by atoms with Gasteiger partial charge in [-0.25, -0.2) is 4.98 Å². The van der Waals surface area contributed by atoms with Crippen LogP contribution in [0.25, 0.3) is 11.0 Å². The summed E-state index contributed by atoms with van der Waals surface area (Å²) in [7, 11) is 0. The number of para-hydroxylation sites is 2. The van der Waals surface area contributed by atoms with Crippen molar-refractivity contribution in [1.82, 2.24) is 14.9 Å². The lowest BCUT2D eigenvalue weighted by atomic mass is 10.2. The fourth-order valence-electron chi connectivity index (χ4n) is 2.25. The molecule has 0 fully saturated rings. The first kappa shape index (κ1) is 14.3. The first-order chi connectivity index (χ1) is 9.76. The molecule has 4 nitrogen and oxygen atoms in total. The molecular weight excluding hydrogens is 250 g/mol. The number of aryl methyl sites for hydroxylation is 1. The molecule has 0 bridgehead atoms. The van der Waals surface area contributed by atoms with Crippen molar-refractivity contribution in [2.45, 2.75) is 26.3 Å². The fraction of sp³-hybridized carbons (Fsp3) is 0.375. The topological polar surface area (TPSA) is 46.9 Å². The average molecular weight is 269 g/mol. The van der Waals surface area contributed by atoms with E-state index in [9.17, 15) is 4.79 Å². The molecule has 1 aromatic carbocycles. The maximum atomic E-state index is 11.9. The van der Waals surface area contributed by atoms with Crippen LogP contribution in [0.2, 0.25) is 0 Å². The van der Waals surface area contributed by atoms with Crippen LogP contribution in [0, 0.1) is 12.3 Å². The molecule has 1 N–H and O–H groups in total. The van der Waals surface area contributed by atoms with Crippen LogP contribution in [-0.4, -0.2) is 28.4 Å². The van der Waals surface area contributed by atoms with Crippen LogP contribution in [0.1, 0.15) is 19.2 Å². The van der Waals surface area contributed by atoms with Crippen molar-refractivity contribution >= 4 is 16.8 Å². The molecule has 4 heteroatoms. The largest absolute Gasteiger partial charge is 0.328 e. The molecule has 0 aliphatic heterocycles. The number of hydrogen-bond acceptors (Lipinski definition) is 3. The number of carbonyl (C=O) groups is 1. The van der Waals surface area contributed by atoms with Gasteiger partial charge >= 0.3 is 0 Å². The number of imidazole rings is 1. The van der Waals surface area contributed by atoms with Gasteiger partial charge < -0.3 is 4.57 Å². The standard InChI is InChI=1S/C16H19N3O/c1-3-9-17-12-13(20)11-16-18-14-7-5-6-8-15(14)19(16)10-4-2/h1,5-8,17H,4,9-12H2,2H3. The Morgan fingerprint density at radius 1 is 1.45 bits per heavy atom. The SMILES string of the molecule is C#CCNCC(=O)Cc1nc2ccccc2n1CCC. The zero-order valence-corrected chi connectivity index (χ0v) is 11.7. The molecule has 1 aromatic heterocycles. The molecule has 0 spiro atoms. The van der Waals surface area contributed by atoms with Crippen LogP contribution >= 0.6 is 0 Å². The minimum atomic E-state index is 0.105. The minimum absolute atomic E-state index is 0.105. The van der Waals surface area contributed by atoms with E-state index in [1.807, 2.05) is 24.3 Å². The number of aromatic nitrogens is 2. The van der Waals surface area contributed by atoms with Gasteiger partial charge in [-0.15, -0.1) is 6.42 Å². The quantitative estimate of drug-likeness (QED) is 0.615. The molecule has 0 saturated carbocycles. The number of fused-ring (bicyclic) bond motifs is 1. The third-order valence-corrected chi connectivity index (χ3v) is 3.09. The number of Topliss-reactive ketones (excluding diaryl/α,β-unsaturated/α-hetero) is 1. The average Bonchev–Trinajstić information content (AvgIpc) is 2.78. The Morgan fingerprint density at radius 2 is 2.25 bits per heavy atom. The van der Waals surface area contributed by atoms with E-state index in [4.69, 9.17) is 6.42 Å². The highest BCUT2D eigenvalue weighted by atomic mass is 16.1. The number of benzene rings is 1. The van der Waals surface area contributed by atoms with Gasteiger partial charge in [-0.2, -0.15) is 0 Å². The van der Waals surface area contributed by atoms with Crippen LogP contribution < -0.4 is 5.32 Å². The van der Waals surface area contributed by atoms with Crippen LogP contribution in [0.15, 0.2) is 24.3 Å². The monoisotopic (exact) mass is 269 g/mol. The molecule has 0 aliphatic carbocycles. The Hall–Kier alpha value is -2.12. The van der Waals surface area contributed by atoms with E-state index < -0.39 is 0 Å². The number of carbonyl (C=O) groups excluding carboxylic acids is 1. The van der Waals surface area contributed by atoms with Gasteiger partial charge in [-0.05, 0) is 18.6 Å². The third kappa shape index (κ3) is 3.25. The van der Waals surface area contributed by atoms with Crippen LogP contribution in [-0.2, 0) is 17.8 Å². The van der Waals surface area contributed by atoms with Gasteiger partial charge in [0.15, 0.2) is 5.78 Å². The zero-order chi connectivity index (χ0) is 14.4. The number of nitrogens with one attached hydrogen (secondary N) is 1. The lowest BCUT2D eigenvalue weighted by molar-refractivity contribution is -0.117. The van der Waals surface area contributed by atoms with Crippen molar-refractivity contribution in [3.63, 3.8) is 0 Å². The predicted octanol–water partition coefficient (Wildman–Crippen LogP) is 1.78. The molecule has 0 atom stereocenters. The minimum Gasteiger partial charge on any atom is -0.328 e. The smallest absolute Gasteiger partial charge is 0.154 e. The summed E-state index contributed by atoms with van der Waals surface area (Å²) >= 11 is 0. The van der Waals surface area contributed by atoms with Crippen molar-refractivity contribution in [2.75, 3.05) is 13.1 Å². The Balaban J connectivity index is 2.18. The fourth-order valence-corrected chi connectivity index (χ4v) is 2.25. The lowest BCUT2D eigenvalue weighted by Crippen LogP contribution is -2.25. The summed E-state index contributed by atoms with van der Waals surface area (Å²) in [5.74, 6) is 3.39. The first-order valence-corrected chi connectivity index (χ1v) is 6.86. The Morgan fingerprint density at radius 3 is 3.00 bits per heavy atom. The summed E-state index contributed by atoms with van der Waals surface area (Å²) in [6, 6.07) is 7.98. The van der Waals surface area contributed by atoms with Gasteiger partial charge in [-0.3, -0.25) is 10.1 Å². The molecule has 1 heterocycles. The summed E-state index contributed by atoms with van der Waals surface area (Å²) in [6.45, 7) is 3.70. The molecule has 0 saturated heterocycles. The van der Waals surface area contributed by atoms with E-state index in [-0.39, 0.29) is 5.78 Å². The second kappa shape index (κ2) is 6.88. The molecule has 20 heavy (non-hydrogen) atoms. The van der Waals surface area contributed by atoms with Crippen LogP contribution in [0.4, 0.5) is 0 Å². The summed E-state index contributed by atoms with van der Waals surface area (Å²) < 4.78 is 2.13. The Labute approximate surface area is 119 Å². The Kier molecular flexibility index (Phi) is 4.91. The number of ketones is 1. The zero-order valence-electron chi connectivity index (χ0n) is 11.7. The van der Waals surface area contributed by atoms with E-state index >= 15 is 0 Å². The highest BCUT2D eigenvalue weighted by molar-refractivity contribution is 5.84. The molecule has 2 rings (SSSR count). The van der Waals surface area contributed by atoms with Crippen LogP contribution in [0.5, 0.6) is 0 Å². The highest BCUT2D eigenvalue weighted by Crippen LogP contribution is 2.17. The second-order valence-corrected chi connectivity index (χ2v) is 4.69. The van der Waals surface area contributed by atoms with E-state index in [2.05, 4.69) is 27.7 Å². The van der Waals surface area contributed by atoms with Crippen molar-refractivity contribution in [2.24, 2.45) is 0 Å². The molecule has 0 unspecified atom stereocenters. The summed E-state index contributed by atoms with van der Waals surface area (Å²) in [4.78, 5) is 16.5. The molecule has 0 aliphatic rings. The van der Waals surface area contributed by atoms with E-state index in [0.717, 1.165) is 29.8 Å².